The molecule has 0 aliphatic rings. The quantitative estimate of drug-likeness (QED) is 0.710. The summed E-state index contributed by atoms with van der Waals surface area (Å²) in [5.74, 6) is -3.44. The van der Waals surface area contributed by atoms with E-state index in [1.807, 2.05) is 30.3 Å². The summed E-state index contributed by atoms with van der Waals surface area (Å²) in [6.45, 7) is 0. The molecule has 0 radical (unpaired) electrons. The largest absolute Gasteiger partial charge is 0.478 e. The van der Waals surface area contributed by atoms with Gasteiger partial charge < -0.3 is 15.3 Å². The number of rotatable bonds is 4. The summed E-state index contributed by atoms with van der Waals surface area (Å²) in [4.78, 5) is 29.2. The highest BCUT2D eigenvalue weighted by molar-refractivity contribution is 5.89. The molecule has 1 rings (SSSR count). The fourth-order valence-corrected chi connectivity index (χ4v) is 0.874. The molecule has 0 aliphatic heterocycles. The topological polar surface area (TPSA) is 112 Å². The standard InChI is InChI=1S/C9H8O2.C4H4O4/c10-9(11)7-6-8-4-2-1-3-5-8;5-3(6)1-2-4(7)8/h1-7H,(H,10,11);1-2H,(H,5,6)(H,7,8)/b;2-1-. The van der Waals surface area contributed by atoms with Gasteiger partial charge >= 0.3 is 17.9 Å². The van der Waals surface area contributed by atoms with Gasteiger partial charge in [-0.15, -0.1) is 0 Å². The second kappa shape index (κ2) is 9.17. The van der Waals surface area contributed by atoms with Crippen LogP contribution in [0.1, 0.15) is 5.56 Å². The van der Waals surface area contributed by atoms with Crippen LogP contribution in [0, 0.1) is 0 Å². The normalized spacial score (nSPS) is 9.89. The molecule has 1 aromatic carbocycles. The Bertz CT molecular complexity index is 471. The number of carboxylic acids is 3. The first-order chi connectivity index (χ1) is 8.91. The predicted molar refractivity (Wildman–Crippen MR) is 67.5 cm³/mol. The SMILES string of the molecule is O=C(O)/C=C\C(=O)O.O=C(O)C=Cc1ccccc1. The molecule has 0 fully saturated rings. The number of benzene rings is 1. The van der Waals surface area contributed by atoms with E-state index in [1.54, 1.807) is 6.08 Å². The van der Waals surface area contributed by atoms with Crippen molar-refractivity contribution in [2.24, 2.45) is 0 Å². The Morgan fingerprint density at radius 3 is 1.53 bits per heavy atom. The van der Waals surface area contributed by atoms with E-state index in [0.29, 0.717) is 12.2 Å². The molecule has 19 heavy (non-hydrogen) atoms. The van der Waals surface area contributed by atoms with Crippen LogP contribution < -0.4 is 0 Å². The number of hydrogen-bond acceptors (Lipinski definition) is 3. The lowest BCUT2D eigenvalue weighted by Gasteiger charge is -1.87. The maximum Gasteiger partial charge on any atom is 0.328 e. The van der Waals surface area contributed by atoms with Crippen LogP contribution in [0.3, 0.4) is 0 Å². The predicted octanol–water partition coefficient (Wildman–Crippen LogP) is 1.50. The number of hydrogen-bond donors (Lipinski definition) is 3. The van der Waals surface area contributed by atoms with Crippen LogP contribution in [0.4, 0.5) is 0 Å². The number of carboxylic acid groups (broad SMARTS) is 3. The van der Waals surface area contributed by atoms with Gasteiger partial charge in [0, 0.05) is 18.2 Å². The minimum Gasteiger partial charge on any atom is -0.478 e. The highest BCUT2D eigenvalue weighted by Gasteiger charge is 1.88. The molecule has 0 aromatic heterocycles. The molecular weight excluding hydrogens is 252 g/mol. The summed E-state index contributed by atoms with van der Waals surface area (Å²) in [5.41, 5.74) is 0.898. The third-order valence-electron chi connectivity index (χ3n) is 1.59. The van der Waals surface area contributed by atoms with Crippen LogP contribution in [-0.4, -0.2) is 33.2 Å². The second-order valence-corrected chi connectivity index (χ2v) is 3.09. The summed E-state index contributed by atoms with van der Waals surface area (Å²) < 4.78 is 0. The first-order valence-electron chi connectivity index (χ1n) is 5.02. The molecule has 0 aliphatic carbocycles. The first-order valence-corrected chi connectivity index (χ1v) is 5.02. The van der Waals surface area contributed by atoms with Crippen LogP contribution in [-0.2, 0) is 14.4 Å². The number of carbonyl (C=O) groups is 3. The van der Waals surface area contributed by atoms with E-state index >= 15 is 0 Å². The van der Waals surface area contributed by atoms with Crippen molar-refractivity contribution in [1.29, 1.82) is 0 Å². The molecule has 6 nitrogen and oxygen atoms in total. The smallest absolute Gasteiger partial charge is 0.328 e. The summed E-state index contributed by atoms with van der Waals surface area (Å²) in [6, 6.07) is 9.31. The lowest BCUT2D eigenvalue weighted by atomic mass is 10.2. The van der Waals surface area contributed by atoms with Gasteiger partial charge in [-0.3, -0.25) is 0 Å². The van der Waals surface area contributed by atoms with Crippen LogP contribution in [0.25, 0.3) is 6.08 Å². The second-order valence-electron chi connectivity index (χ2n) is 3.09. The first kappa shape index (κ1) is 16.1. The molecule has 0 heterocycles. The van der Waals surface area contributed by atoms with E-state index in [4.69, 9.17) is 15.3 Å². The van der Waals surface area contributed by atoms with Crippen molar-refractivity contribution in [2.45, 2.75) is 0 Å². The maximum absolute atomic E-state index is 10.1. The van der Waals surface area contributed by atoms with Gasteiger partial charge in [0.15, 0.2) is 0 Å². The van der Waals surface area contributed by atoms with E-state index in [9.17, 15) is 14.4 Å². The zero-order chi connectivity index (χ0) is 14.7. The van der Waals surface area contributed by atoms with Crippen molar-refractivity contribution in [2.75, 3.05) is 0 Å². The summed E-state index contributed by atoms with van der Waals surface area (Å²) >= 11 is 0. The maximum atomic E-state index is 10.1. The lowest BCUT2D eigenvalue weighted by molar-refractivity contribution is -0.134. The van der Waals surface area contributed by atoms with E-state index in [-0.39, 0.29) is 0 Å². The lowest BCUT2D eigenvalue weighted by Crippen LogP contribution is -1.91. The van der Waals surface area contributed by atoms with Gasteiger partial charge in [0.05, 0.1) is 0 Å². The summed E-state index contributed by atoms with van der Waals surface area (Å²) in [6.07, 6.45) is 3.79. The molecule has 0 atom stereocenters. The Labute approximate surface area is 108 Å². The molecule has 0 bridgehead atoms. The molecule has 1 aromatic rings. The monoisotopic (exact) mass is 264 g/mol. The van der Waals surface area contributed by atoms with Crippen molar-refractivity contribution in [3.63, 3.8) is 0 Å². The van der Waals surface area contributed by atoms with E-state index < -0.39 is 17.9 Å². The number of aliphatic carboxylic acids is 3. The average Bonchev–Trinajstić information content (AvgIpc) is 2.36. The van der Waals surface area contributed by atoms with Gasteiger partial charge in [-0.2, -0.15) is 0 Å². The molecule has 100 valence electrons. The van der Waals surface area contributed by atoms with Gasteiger partial charge in [-0.1, -0.05) is 30.3 Å². The van der Waals surface area contributed by atoms with Crippen LogP contribution in [0.5, 0.6) is 0 Å². The van der Waals surface area contributed by atoms with E-state index in [2.05, 4.69) is 0 Å². The minimum atomic E-state index is -1.26. The molecule has 0 saturated heterocycles. The molecule has 0 spiro atoms. The van der Waals surface area contributed by atoms with Crippen molar-refractivity contribution in [3.8, 4) is 0 Å². The fourth-order valence-electron chi connectivity index (χ4n) is 0.874. The summed E-state index contributed by atoms with van der Waals surface area (Å²) in [5, 5.41) is 23.9. The van der Waals surface area contributed by atoms with E-state index in [1.165, 1.54) is 0 Å². The highest BCUT2D eigenvalue weighted by atomic mass is 16.4. The zero-order valence-corrected chi connectivity index (χ0v) is 9.76. The Balaban J connectivity index is 0.000000362. The molecule has 0 amide bonds. The van der Waals surface area contributed by atoms with Gasteiger partial charge in [-0.05, 0) is 11.6 Å². The Morgan fingerprint density at radius 1 is 0.737 bits per heavy atom. The van der Waals surface area contributed by atoms with Crippen LogP contribution in [0.2, 0.25) is 0 Å². The molecule has 6 heteroatoms. The zero-order valence-electron chi connectivity index (χ0n) is 9.76. The Hall–Kier alpha value is -2.89. The van der Waals surface area contributed by atoms with Crippen molar-refractivity contribution in [3.05, 3.63) is 54.1 Å². The molecule has 3 N–H and O–H groups in total. The van der Waals surface area contributed by atoms with Crippen molar-refractivity contribution < 1.29 is 29.7 Å². The van der Waals surface area contributed by atoms with Crippen molar-refractivity contribution in [1.82, 2.24) is 0 Å². The third-order valence-corrected chi connectivity index (χ3v) is 1.59. The highest BCUT2D eigenvalue weighted by Crippen LogP contribution is 1.99. The Kier molecular flexibility index (Phi) is 7.78. The van der Waals surface area contributed by atoms with Crippen molar-refractivity contribution >= 4 is 24.0 Å². The summed E-state index contributed by atoms with van der Waals surface area (Å²) in [7, 11) is 0. The minimum absolute atomic E-state index is 0.558. The van der Waals surface area contributed by atoms with Gasteiger partial charge in [0.1, 0.15) is 0 Å². The van der Waals surface area contributed by atoms with Gasteiger partial charge in [0.2, 0.25) is 0 Å². The van der Waals surface area contributed by atoms with Crippen LogP contribution in [0.15, 0.2) is 48.6 Å². The molecule has 0 saturated carbocycles. The average molecular weight is 264 g/mol. The van der Waals surface area contributed by atoms with E-state index in [0.717, 1.165) is 11.6 Å². The fraction of sp³-hybridized carbons (Fsp3) is 0. The third kappa shape index (κ3) is 11.4. The van der Waals surface area contributed by atoms with Crippen LogP contribution >= 0.6 is 0 Å². The van der Waals surface area contributed by atoms with Gasteiger partial charge in [-0.25, -0.2) is 14.4 Å². The van der Waals surface area contributed by atoms with Gasteiger partial charge in [0.25, 0.3) is 0 Å². The Morgan fingerprint density at radius 2 is 1.16 bits per heavy atom. The molecule has 0 unspecified atom stereocenters. The molecular formula is C13H12O6.